The standard InChI is InChI=1S/C11H22N2OS/c1-4-6-7-8(3)13-11(14)9(5-2)10(12)15/h8-9H,4-7H2,1-3H3,(H2,12,15)(H,13,14). The summed E-state index contributed by atoms with van der Waals surface area (Å²) in [5.41, 5.74) is 5.49. The third-order valence-corrected chi connectivity index (χ3v) is 2.73. The number of rotatable bonds is 7. The van der Waals surface area contributed by atoms with E-state index in [0.717, 1.165) is 19.3 Å². The van der Waals surface area contributed by atoms with Crippen LogP contribution in [-0.4, -0.2) is 16.9 Å². The van der Waals surface area contributed by atoms with Crippen molar-refractivity contribution >= 4 is 23.1 Å². The van der Waals surface area contributed by atoms with Gasteiger partial charge in [-0.05, 0) is 19.8 Å². The van der Waals surface area contributed by atoms with Gasteiger partial charge >= 0.3 is 0 Å². The molecule has 0 aromatic carbocycles. The van der Waals surface area contributed by atoms with E-state index in [2.05, 4.69) is 12.2 Å². The molecule has 88 valence electrons. The molecule has 0 aromatic heterocycles. The van der Waals surface area contributed by atoms with E-state index in [4.69, 9.17) is 18.0 Å². The van der Waals surface area contributed by atoms with Gasteiger partial charge in [-0.25, -0.2) is 0 Å². The molecule has 0 fully saturated rings. The Hall–Kier alpha value is -0.640. The fourth-order valence-electron chi connectivity index (χ4n) is 1.44. The van der Waals surface area contributed by atoms with Crippen LogP contribution in [0.1, 0.15) is 46.5 Å². The third kappa shape index (κ3) is 5.72. The zero-order valence-electron chi connectivity index (χ0n) is 9.88. The number of unbranched alkanes of at least 4 members (excludes halogenated alkanes) is 1. The van der Waals surface area contributed by atoms with Gasteiger partial charge in [0.1, 0.15) is 0 Å². The molecule has 0 saturated heterocycles. The van der Waals surface area contributed by atoms with E-state index in [-0.39, 0.29) is 22.9 Å². The van der Waals surface area contributed by atoms with Crippen LogP contribution in [-0.2, 0) is 4.79 Å². The Kier molecular flexibility index (Phi) is 7.30. The number of carbonyl (C=O) groups is 1. The van der Waals surface area contributed by atoms with Crippen molar-refractivity contribution in [1.29, 1.82) is 0 Å². The third-order valence-electron chi connectivity index (χ3n) is 2.45. The first-order valence-corrected chi connectivity index (χ1v) is 6.03. The number of hydrogen-bond acceptors (Lipinski definition) is 2. The molecular formula is C11H22N2OS. The van der Waals surface area contributed by atoms with E-state index in [1.165, 1.54) is 0 Å². The Bertz CT molecular complexity index is 219. The van der Waals surface area contributed by atoms with Crippen molar-refractivity contribution in [2.75, 3.05) is 0 Å². The average molecular weight is 230 g/mol. The van der Waals surface area contributed by atoms with Crippen molar-refractivity contribution < 1.29 is 4.79 Å². The van der Waals surface area contributed by atoms with E-state index in [9.17, 15) is 4.79 Å². The van der Waals surface area contributed by atoms with Crippen LogP contribution < -0.4 is 11.1 Å². The maximum Gasteiger partial charge on any atom is 0.230 e. The van der Waals surface area contributed by atoms with Gasteiger partial charge in [-0.1, -0.05) is 38.9 Å². The molecule has 0 heterocycles. The summed E-state index contributed by atoms with van der Waals surface area (Å²) in [6, 6.07) is 0.209. The molecular weight excluding hydrogens is 208 g/mol. The molecule has 0 aromatic rings. The SMILES string of the molecule is CCCCC(C)NC(=O)C(CC)C(N)=S. The van der Waals surface area contributed by atoms with Gasteiger partial charge < -0.3 is 11.1 Å². The highest BCUT2D eigenvalue weighted by Crippen LogP contribution is 2.05. The first-order chi connectivity index (χ1) is 7.02. The first kappa shape index (κ1) is 14.4. The number of carbonyl (C=O) groups excluding carboxylic acids is 1. The van der Waals surface area contributed by atoms with Crippen LogP contribution in [0.5, 0.6) is 0 Å². The Balaban J connectivity index is 4.04. The fraction of sp³-hybridized carbons (Fsp3) is 0.818. The van der Waals surface area contributed by atoms with Gasteiger partial charge in [0, 0.05) is 6.04 Å². The second-order valence-corrected chi connectivity index (χ2v) is 4.39. The summed E-state index contributed by atoms with van der Waals surface area (Å²) in [4.78, 5) is 12.0. The van der Waals surface area contributed by atoms with Gasteiger partial charge in [0.15, 0.2) is 0 Å². The van der Waals surface area contributed by atoms with Gasteiger partial charge in [-0.3, -0.25) is 4.79 Å². The number of amides is 1. The maximum absolute atomic E-state index is 11.7. The number of hydrogen-bond donors (Lipinski definition) is 2. The molecule has 2 unspecified atom stereocenters. The van der Waals surface area contributed by atoms with Gasteiger partial charge in [0.25, 0.3) is 0 Å². The molecule has 0 aliphatic heterocycles. The minimum Gasteiger partial charge on any atom is -0.393 e. The van der Waals surface area contributed by atoms with Crippen LogP contribution in [0, 0.1) is 5.92 Å². The molecule has 3 N–H and O–H groups in total. The summed E-state index contributed by atoms with van der Waals surface area (Å²) >= 11 is 4.85. The van der Waals surface area contributed by atoms with E-state index >= 15 is 0 Å². The quantitative estimate of drug-likeness (QED) is 0.658. The molecule has 2 atom stereocenters. The Morgan fingerprint density at radius 3 is 2.47 bits per heavy atom. The molecule has 0 aliphatic carbocycles. The molecule has 0 aliphatic rings. The molecule has 15 heavy (non-hydrogen) atoms. The average Bonchev–Trinajstić information content (AvgIpc) is 2.15. The van der Waals surface area contributed by atoms with Crippen molar-refractivity contribution in [3.8, 4) is 0 Å². The Labute approximate surface area is 97.8 Å². The highest BCUT2D eigenvalue weighted by atomic mass is 32.1. The van der Waals surface area contributed by atoms with Crippen molar-refractivity contribution in [3.63, 3.8) is 0 Å². The second kappa shape index (κ2) is 7.63. The Morgan fingerprint density at radius 2 is 2.07 bits per heavy atom. The minimum absolute atomic E-state index is 0.0337. The van der Waals surface area contributed by atoms with Crippen LogP contribution in [0.4, 0.5) is 0 Å². The number of nitrogens with one attached hydrogen (secondary N) is 1. The van der Waals surface area contributed by atoms with Gasteiger partial charge in [-0.15, -0.1) is 0 Å². The highest BCUT2D eigenvalue weighted by Gasteiger charge is 2.20. The minimum atomic E-state index is -0.316. The van der Waals surface area contributed by atoms with Crippen molar-refractivity contribution in [1.82, 2.24) is 5.32 Å². The Morgan fingerprint density at radius 1 is 1.47 bits per heavy atom. The lowest BCUT2D eigenvalue weighted by atomic mass is 10.0. The van der Waals surface area contributed by atoms with Crippen LogP contribution in [0.15, 0.2) is 0 Å². The summed E-state index contributed by atoms with van der Waals surface area (Å²) < 4.78 is 0. The highest BCUT2D eigenvalue weighted by molar-refractivity contribution is 7.80. The summed E-state index contributed by atoms with van der Waals surface area (Å²) in [5, 5.41) is 2.94. The second-order valence-electron chi connectivity index (χ2n) is 3.92. The zero-order chi connectivity index (χ0) is 11.8. The van der Waals surface area contributed by atoms with E-state index in [0.29, 0.717) is 6.42 Å². The van der Waals surface area contributed by atoms with E-state index in [1.807, 2.05) is 13.8 Å². The lowest BCUT2D eigenvalue weighted by molar-refractivity contribution is -0.123. The van der Waals surface area contributed by atoms with Crippen LogP contribution in [0.3, 0.4) is 0 Å². The van der Waals surface area contributed by atoms with Gasteiger partial charge in [0.05, 0.1) is 10.9 Å². The molecule has 0 spiro atoms. The largest absolute Gasteiger partial charge is 0.393 e. The predicted octanol–water partition coefficient (Wildman–Crippen LogP) is 1.99. The molecule has 0 rings (SSSR count). The summed E-state index contributed by atoms with van der Waals surface area (Å²) in [5.74, 6) is -0.349. The van der Waals surface area contributed by atoms with E-state index < -0.39 is 0 Å². The summed E-state index contributed by atoms with van der Waals surface area (Å²) in [6.07, 6.45) is 3.95. The monoisotopic (exact) mass is 230 g/mol. The molecule has 0 radical (unpaired) electrons. The summed E-state index contributed by atoms with van der Waals surface area (Å²) in [7, 11) is 0. The number of nitrogens with two attached hydrogens (primary N) is 1. The molecule has 1 amide bonds. The molecule has 0 bridgehead atoms. The molecule has 4 heteroatoms. The van der Waals surface area contributed by atoms with Crippen molar-refractivity contribution in [2.45, 2.75) is 52.5 Å². The number of thiocarbonyl (C=S) groups is 1. The predicted molar refractivity (Wildman–Crippen MR) is 67.7 cm³/mol. The maximum atomic E-state index is 11.7. The zero-order valence-corrected chi connectivity index (χ0v) is 10.7. The summed E-state index contributed by atoms with van der Waals surface area (Å²) in [6.45, 7) is 6.07. The van der Waals surface area contributed by atoms with E-state index in [1.54, 1.807) is 0 Å². The van der Waals surface area contributed by atoms with Gasteiger partial charge in [0.2, 0.25) is 5.91 Å². The smallest absolute Gasteiger partial charge is 0.230 e. The van der Waals surface area contributed by atoms with Crippen LogP contribution in [0.25, 0.3) is 0 Å². The fourth-order valence-corrected chi connectivity index (χ4v) is 1.72. The lowest BCUT2D eigenvalue weighted by Crippen LogP contribution is -2.41. The van der Waals surface area contributed by atoms with Crippen LogP contribution in [0.2, 0.25) is 0 Å². The van der Waals surface area contributed by atoms with Gasteiger partial charge in [-0.2, -0.15) is 0 Å². The first-order valence-electron chi connectivity index (χ1n) is 5.62. The van der Waals surface area contributed by atoms with Crippen LogP contribution >= 0.6 is 12.2 Å². The topological polar surface area (TPSA) is 55.1 Å². The molecule has 3 nitrogen and oxygen atoms in total. The normalized spacial score (nSPS) is 14.3. The molecule has 0 saturated carbocycles. The van der Waals surface area contributed by atoms with Crippen molar-refractivity contribution in [3.05, 3.63) is 0 Å². The lowest BCUT2D eigenvalue weighted by Gasteiger charge is -2.18. The van der Waals surface area contributed by atoms with Crippen molar-refractivity contribution in [2.24, 2.45) is 11.7 Å².